The summed E-state index contributed by atoms with van der Waals surface area (Å²) in [6, 6.07) is 27.1. The molecule has 40 heavy (non-hydrogen) atoms. The molecule has 0 radical (unpaired) electrons. The molecule has 0 saturated carbocycles. The molecule has 4 heteroatoms. The molecule has 0 fully saturated rings. The largest absolute Gasteiger partial charge is 0.328 e. The fraction of sp³-hybridized carbons (Fsp3) is 0.500. The van der Waals surface area contributed by atoms with Crippen LogP contribution < -0.4 is 0 Å². The highest BCUT2D eigenvalue weighted by Crippen LogP contribution is 2.38. The van der Waals surface area contributed by atoms with E-state index in [1.807, 2.05) is 0 Å². The summed E-state index contributed by atoms with van der Waals surface area (Å²) < 4.78 is 0. The van der Waals surface area contributed by atoms with Gasteiger partial charge in [-0.25, -0.2) is 0 Å². The molecule has 0 aliphatic carbocycles. The summed E-state index contributed by atoms with van der Waals surface area (Å²) in [5, 5.41) is 0. The van der Waals surface area contributed by atoms with Gasteiger partial charge in [-0.05, 0) is 59.1 Å². The minimum Gasteiger partial charge on any atom is -0.328 e. The molecule has 0 spiro atoms. The van der Waals surface area contributed by atoms with Gasteiger partial charge in [-0.15, -0.1) is 0 Å². The van der Waals surface area contributed by atoms with E-state index in [4.69, 9.17) is 14.7 Å². The van der Waals surface area contributed by atoms with Crippen LogP contribution in [0.2, 0.25) is 0 Å². The van der Waals surface area contributed by atoms with Crippen molar-refractivity contribution < 1.29 is 14.7 Å². The summed E-state index contributed by atoms with van der Waals surface area (Å²) in [6.07, 6.45) is 21.6. The molecule has 220 valence electrons. The van der Waals surface area contributed by atoms with Crippen LogP contribution in [0.15, 0.2) is 72.8 Å². The van der Waals surface area contributed by atoms with Gasteiger partial charge in [0.15, 0.2) is 0 Å². The van der Waals surface area contributed by atoms with Crippen molar-refractivity contribution in [2.45, 2.75) is 117 Å². The van der Waals surface area contributed by atoms with Crippen molar-refractivity contribution in [3.63, 3.8) is 0 Å². The second-order valence-corrected chi connectivity index (χ2v) is 11.4. The molecular weight excluding hydrogens is 511 g/mol. The molecule has 0 aliphatic rings. The zero-order valence-corrected chi connectivity index (χ0v) is 25.9. The number of unbranched alkanes of at least 4 members (excludes halogenated alkanes) is 12. The minimum absolute atomic E-state index is 1.20. The zero-order valence-electron chi connectivity index (χ0n) is 25.0. The second-order valence-electron chi connectivity index (χ2n) is 10.9. The molecule has 0 bridgehead atoms. The van der Waals surface area contributed by atoms with Crippen LogP contribution in [0.4, 0.5) is 0 Å². The molecule has 0 aliphatic heterocycles. The molecular formula is C36H53O3P. The van der Waals surface area contributed by atoms with Crippen LogP contribution in [0.5, 0.6) is 0 Å². The number of hydrogen-bond acceptors (Lipinski definition) is 3. The fourth-order valence-electron chi connectivity index (χ4n) is 5.54. The van der Waals surface area contributed by atoms with Gasteiger partial charge in [-0.3, -0.25) is 0 Å². The SMILES string of the molecule is CCCCCCCCCc1ccc(-c2ccccc2)c(-c2ccccc2)c1CCCCCCCCC.OP(O)O. The summed E-state index contributed by atoms with van der Waals surface area (Å²) in [5.41, 5.74) is 8.78. The van der Waals surface area contributed by atoms with E-state index in [0.29, 0.717) is 0 Å². The van der Waals surface area contributed by atoms with Crippen LogP contribution in [-0.4, -0.2) is 14.7 Å². The van der Waals surface area contributed by atoms with Crippen molar-refractivity contribution in [2.24, 2.45) is 0 Å². The Kier molecular flexibility index (Phi) is 18.5. The maximum absolute atomic E-state index is 7.23. The van der Waals surface area contributed by atoms with Crippen LogP contribution in [0.1, 0.15) is 115 Å². The van der Waals surface area contributed by atoms with Gasteiger partial charge in [0.1, 0.15) is 0 Å². The zero-order chi connectivity index (χ0) is 28.8. The Balaban J connectivity index is 0.00000131. The summed E-state index contributed by atoms with van der Waals surface area (Å²) in [5.74, 6) is 0. The van der Waals surface area contributed by atoms with E-state index in [0.717, 1.165) is 0 Å². The van der Waals surface area contributed by atoms with E-state index in [1.54, 1.807) is 11.1 Å². The van der Waals surface area contributed by atoms with Crippen LogP contribution in [-0.2, 0) is 12.8 Å². The van der Waals surface area contributed by atoms with Crippen molar-refractivity contribution in [1.82, 2.24) is 0 Å². The number of benzene rings is 3. The van der Waals surface area contributed by atoms with Gasteiger partial charge in [0, 0.05) is 0 Å². The van der Waals surface area contributed by atoms with Gasteiger partial charge in [-0.2, -0.15) is 0 Å². The second kappa shape index (κ2) is 21.7. The average molecular weight is 565 g/mol. The summed E-state index contributed by atoms with van der Waals surface area (Å²) in [4.78, 5) is 21.7. The maximum atomic E-state index is 7.23. The van der Waals surface area contributed by atoms with Gasteiger partial charge in [0.2, 0.25) is 0 Å². The lowest BCUT2D eigenvalue weighted by Gasteiger charge is -2.20. The smallest absolute Gasteiger partial charge is 0.324 e. The van der Waals surface area contributed by atoms with E-state index in [2.05, 4.69) is 86.6 Å². The van der Waals surface area contributed by atoms with Crippen LogP contribution in [0.25, 0.3) is 22.3 Å². The molecule has 3 rings (SSSR count). The fourth-order valence-corrected chi connectivity index (χ4v) is 5.54. The predicted molar refractivity (Wildman–Crippen MR) is 174 cm³/mol. The van der Waals surface area contributed by atoms with E-state index in [-0.39, 0.29) is 0 Å². The Hall–Kier alpha value is -2.03. The lowest BCUT2D eigenvalue weighted by molar-refractivity contribution is 0.368. The average Bonchev–Trinajstić information content (AvgIpc) is 2.97. The van der Waals surface area contributed by atoms with Gasteiger partial charge < -0.3 is 14.7 Å². The molecule has 0 heterocycles. The molecule has 0 amide bonds. The van der Waals surface area contributed by atoms with Crippen LogP contribution in [0, 0.1) is 0 Å². The van der Waals surface area contributed by atoms with Crippen molar-refractivity contribution in [2.75, 3.05) is 0 Å². The Morgan fingerprint density at radius 1 is 0.475 bits per heavy atom. The third kappa shape index (κ3) is 13.6. The van der Waals surface area contributed by atoms with Crippen molar-refractivity contribution in [1.29, 1.82) is 0 Å². The Morgan fingerprint density at radius 3 is 1.40 bits per heavy atom. The Bertz CT molecular complexity index is 1020. The van der Waals surface area contributed by atoms with E-state index < -0.39 is 8.60 Å². The molecule has 3 aromatic carbocycles. The molecule has 0 unspecified atom stereocenters. The van der Waals surface area contributed by atoms with Crippen LogP contribution in [0.3, 0.4) is 0 Å². The number of aryl methyl sites for hydroxylation is 1. The molecule has 0 aromatic heterocycles. The third-order valence-corrected chi connectivity index (χ3v) is 7.64. The van der Waals surface area contributed by atoms with Crippen molar-refractivity contribution >= 4 is 8.60 Å². The van der Waals surface area contributed by atoms with Crippen LogP contribution >= 0.6 is 8.60 Å². The summed E-state index contributed by atoms with van der Waals surface area (Å²) in [7, 11) is -2.62. The predicted octanol–water partition coefficient (Wildman–Crippen LogP) is 10.8. The highest BCUT2D eigenvalue weighted by atomic mass is 31.2. The standard InChI is InChI=1S/C36H50.H3O3P/c1-3-5-7-9-11-13-17-25-32-29-30-35(31-23-18-15-19-24-31)36(33-26-20-16-21-27-33)34(32)28-22-14-12-10-8-6-4-2;1-4(2)3/h15-16,18-21,23-24,26-27,29-30H,3-14,17,22,25,28H2,1-2H3;1-3H. The molecule has 3 nitrogen and oxygen atoms in total. The van der Waals surface area contributed by atoms with Gasteiger partial charge >= 0.3 is 8.60 Å². The van der Waals surface area contributed by atoms with Crippen molar-refractivity contribution in [3.8, 4) is 22.3 Å². The third-order valence-electron chi connectivity index (χ3n) is 7.64. The Morgan fingerprint density at radius 2 is 0.900 bits per heavy atom. The molecule has 3 aromatic rings. The first-order valence-electron chi connectivity index (χ1n) is 15.7. The first kappa shape index (κ1) is 34.2. The van der Waals surface area contributed by atoms with Gasteiger partial charge in [-0.1, -0.05) is 164 Å². The molecule has 0 saturated heterocycles. The lowest BCUT2D eigenvalue weighted by atomic mass is 9.84. The van der Waals surface area contributed by atoms with E-state index in [9.17, 15) is 0 Å². The van der Waals surface area contributed by atoms with Gasteiger partial charge in [0.25, 0.3) is 0 Å². The quantitative estimate of drug-likeness (QED) is 0.106. The monoisotopic (exact) mass is 564 g/mol. The number of hydrogen-bond donors (Lipinski definition) is 3. The molecule has 0 atom stereocenters. The first-order chi connectivity index (χ1) is 19.6. The topological polar surface area (TPSA) is 60.7 Å². The summed E-state index contributed by atoms with van der Waals surface area (Å²) in [6.45, 7) is 4.60. The highest BCUT2D eigenvalue weighted by Gasteiger charge is 2.16. The maximum Gasteiger partial charge on any atom is 0.324 e. The normalized spacial score (nSPS) is 10.9. The van der Waals surface area contributed by atoms with Crippen molar-refractivity contribution in [3.05, 3.63) is 83.9 Å². The summed E-state index contributed by atoms with van der Waals surface area (Å²) >= 11 is 0. The highest BCUT2D eigenvalue weighted by molar-refractivity contribution is 7.38. The van der Waals surface area contributed by atoms with E-state index in [1.165, 1.54) is 125 Å². The first-order valence-corrected chi connectivity index (χ1v) is 16.9. The molecule has 3 N–H and O–H groups in total. The minimum atomic E-state index is -2.62. The number of rotatable bonds is 18. The Labute approximate surface area is 245 Å². The van der Waals surface area contributed by atoms with E-state index >= 15 is 0 Å². The van der Waals surface area contributed by atoms with Gasteiger partial charge in [0.05, 0.1) is 0 Å². The lowest BCUT2D eigenvalue weighted by Crippen LogP contribution is -2.01.